The Morgan fingerprint density at radius 3 is 2.07 bits per heavy atom. The van der Waals surface area contributed by atoms with Gasteiger partial charge in [-0.1, -0.05) is 24.3 Å². The summed E-state index contributed by atoms with van der Waals surface area (Å²) in [4.78, 5) is 46.4. The minimum absolute atomic E-state index is 0.145. The summed E-state index contributed by atoms with van der Waals surface area (Å²) < 4.78 is 13.1. The van der Waals surface area contributed by atoms with Crippen LogP contribution in [0.3, 0.4) is 0 Å². The lowest BCUT2D eigenvalue weighted by Crippen LogP contribution is -2.48. The first-order chi connectivity index (χ1) is 20.9. The highest BCUT2D eigenvalue weighted by Crippen LogP contribution is 2.15. The molecule has 0 aliphatic carbocycles. The Labute approximate surface area is 248 Å². The SMILES string of the molecule is N#Cc1ccc(CNC(=O)c2ccc(NC(=O)c3ccc(C(=O)N4CCN(Cc5ccc(F)cc5)CC4)cn3)cc2)cc1. The van der Waals surface area contributed by atoms with Gasteiger partial charge < -0.3 is 15.5 Å². The van der Waals surface area contributed by atoms with Gasteiger partial charge in [0.2, 0.25) is 0 Å². The minimum Gasteiger partial charge on any atom is -0.348 e. The summed E-state index contributed by atoms with van der Waals surface area (Å²) in [5, 5.41) is 14.5. The number of aromatic nitrogens is 1. The fraction of sp³-hybridized carbons (Fsp3) is 0.182. The van der Waals surface area contributed by atoms with Crippen molar-refractivity contribution >= 4 is 23.4 Å². The quantitative estimate of drug-likeness (QED) is 0.324. The molecule has 0 spiro atoms. The monoisotopic (exact) mass is 576 g/mol. The summed E-state index contributed by atoms with van der Waals surface area (Å²) in [6, 6.07) is 25.0. The van der Waals surface area contributed by atoms with E-state index in [2.05, 4.69) is 26.6 Å². The first-order valence-electron chi connectivity index (χ1n) is 13.8. The Kier molecular flexibility index (Phi) is 9.14. The van der Waals surface area contributed by atoms with E-state index in [0.29, 0.717) is 61.6 Å². The van der Waals surface area contributed by atoms with Crippen molar-refractivity contribution in [2.75, 3.05) is 31.5 Å². The van der Waals surface area contributed by atoms with Crippen molar-refractivity contribution in [2.24, 2.45) is 0 Å². The summed E-state index contributed by atoms with van der Waals surface area (Å²) in [6.45, 7) is 3.55. The van der Waals surface area contributed by atoms with Crippen molar-refractivity contribution in [3.05, 3.63) is 130 Å². The van der Waals surface area contributed by atoms with Crippen molar-refractivity contribution in [3.63, 3.8) is 0 Å². The molecular weight excluding hydrogens is 547 g/mol. The third-order valence-electron chi connectivity index (χ3n) is 7.16. The van der Waals surface area contributed by atoms with Gasteiger partial charge in [-0.05, 0) is 71.8 Å². The van der Waals surface area contributed by atoms with Crippen LogP contribution in [0.15, 0.2) is 91.1 Å². The molecule has 2 N–H and O–H groups in total. The predicted molar refractivity (Wildman–Crippen MR) is 159 cm³/mol. The molecule has 1 aliphatic heterocycles. The second-order valence-electron chi connectivity index (χ2n) is 10.1. The normalized spacial score (nSPS) is 13.2. The summed E-state index contributed by atoms with van der Waals surface area (Å²) in [5.74, 6) is -1.11. The molecular formula is C33H29FN6O3. The fourth-order valence-electron chi connectivity index (χ4n) is 4.68. The van der Waals surface area contributed by atoms with E-state index in [1.54, 1.807) is 71.6 Å². The van der Waals surface area contributed by atoms with Crippen LogP contribution >= 0.6 is 0 Å². The van der Waals surface area contributed by atoms with E-state index in [4.69, 9.17) is 5.26 Å². The molecule has 216 valence electrons. The highest BCUT2D eigenvalue weighted by molar-refractivity contribution is 6.04. The third-order valence-corrected chi connectivity index (χ3v) is 7.16. The molecule has 43 heavy (non-hydrogen) atoms. The maximum absolute atomic E-state index is 13.1. The number of carbonyl (C=O) groups is 3. The van der Waals surface area contributed by atoms with Gasteiger partial charge in [-0.15, -0.1) is 0 Å². The number of nitriles is 1. The molecule has 10 heteroatoms. The lowest BCUT2D eigenvalue weighted by molar-refractivity contribution is 0.0627. The zero-order chi connectivity index (χ0) is 30.2. The maximum atomic E-state index is 13.1. The number of piperazine rings is 1. The van der Waals surface area contributed by atoms with Gasteiger partial charge in [0.15, 0.2) is 0 Å². The highest BCUT2D eigenvalue weighted by atomic mass is 19.1. The second-order valence-corrected chi connectivity index (χ2v) is 10.1. The molecule has 0 atom stereocenters. The van der Waals surface area contributed by atoms with Crippen LogP contribution in [0.25, 0.3) is 0 Å². The van der Waals surface area contributed by atoms with Crippen LogP contribution in [-0.4, -0.2) is 58.7 Å². The summed E-state index contributed by atoms with van der Waals surface area (Å²) in [7, 11) is 0. The molecule has 3 aromatic carbocycles. The van der Waals surface area contributed by atoms with E-state index in [9.17, 15) is 18.8 Å². The first kappa shape index (κ1) is 29.1. The van der Waals surface area contributed by atoms with Crippen molar-refractivity contribution in [3.8, 4) is 6.07 Å². The van der Waals surface area contributed by atoms with Gasteiger partial charge in [-0.2, -0.15) is 5.26 Å². The van der Waals surface area contributed by atoms with Gasteiger partial charge in [-0.25, -0.2) is 4.39 Å². The van der Waals surface area contributed by atoms with Crippen LogP contribution in [0.1, 0.15) is 47.9 Å². The fourth-order valence-corrected chi connectivity index (χ4v) is 4.68. The van der Waals surface area contributed by atoms with Crippen molar-refractivity contribution in [2.45, 2.75) is 13.1 Å². The topological polar surface area (TPSA) is 118 Å². The lowest BCUT2D eigenvalue weighted by atomic mass is 10.1. The average Bonchev–Trinajstić information content (AvgIpc) is 3.05. The molecule has 1 saturated heterocycles. The number of hydrogen-bond acceptors (Lipinski definition) is 6. The minimum atomic E-state index is -0.438. The van der Waals surface area contributed by atoms with Gasteiger partial charge in [0, 0.05) is 56.7 Å². The summed E-state index contributed by atoms with van der Waals surface area (Å²) in [5.41, 5.74) is 3.94. The smallest absolute Gasteiger partial charge is 0.274 e. The van der Waals surface area contributed by atoms with Crippen molar-refractivity contribution in [1.29, 1.82) is 5.26 Å². The Hall–Kier alpha value is -5.40. The van der Waals surface area contributed by atoms with E-state index in [-0.39, 0.29) is 23.3 Å². The third kappa shape index (κ3) is 7.67. The number of nitrogens with one attached hydrogen (secondary N) is 2. The Balaban J connectivity index is 1.09. The largest absolute Gasteiger partial charge is 0.348 e. The number of amides is 3. The number of hydrogen-bond donors (Lipinski definition) is 2. The maximum Gasteiger partial charge on any atom is 0.274 e. The number of anilines is 1. The van der Waals surface area contributed by atoms with Crippen LogP contribution in [-0.2, 0) is 13.1 Å². The number of carbonyl (C=O) groups excluding carboxylic acids is 3. The van der Waals surface area contributed by atoms with E-state index in [0.717, 1.165) is 11.1 Å². The highest BCUT2D eigenvalue weighted by Gasteiger charge is 2.23. The zero-order valence-corrected chi connectivity index (χ0v) is 23.3. The van der Waals surface area contributed by atoms with Crippen LogP contribution in [0, 0.1) is 17.1 Å². The Morgan fingerprint density at radius 1 is 0.791 bits per heavy atom. The molecule has 1 aromatic heterocycles. The summed E-state index contributed by atoms with van der Waals surface area (Å²) >= 11 is 0. The molecule has 4 aromatic rings. The number of halogens is 1. The lowest BCUT2D eigenvalue weighted by Gasteiger charge is -2.34. The molecule has 0 saturated carbocycles. The van der Waals surface area contributed by atoms with E-state index >= 15 is 0 Å². The molecule has 1 fully saturated rings. The Bertz CT molecular complexity index is 1630. The molecule has 0 bridgehead atoms. The van der Waals surface area contributed by atoms with Crippen LogP contribution in [0.2, 0.25) is 0 Å². The van der Waals surface area contributed by atoms with Gasteiger partial charge in [-0.3, -0.25) is 24.3 Å². The van der Waals surface area contributed by atoms with Crippen LogP contribution in [0.5, 0.6) is 0 Å². The molecule has 5 rings (SSSR count). The molecule has 1 aliphatic rings. The van der Waals surface area contributed by atoms with Crippen LogP contribution < -0.4 is 10.6 Å². The Morgan fingerprint density at radius 2 is 1.44 bits per heavy atom. The first-order valence-corrected chi connectivity index (χ1v) is 13.8. The van der Waals surface area contributed by atoms with E-state index in [1.165, 1.54) is 24.4 Å². The standard InChI is InChI=1S/C33H29FN6O3/c34-28-10-5-25(6-11-28)22-39-15-17-40(18-16-39)33(43)27-9-14-30(36-21-27)32(42)38-29-12-7-26(8-13-29)31(41)37-20-24-3-1-23(19-35)2-4-24/h1-14,21H,15-18,20,22H2,(H,37,41)(H,38,42). The zero-order valence-electron chi connectivity index (χ0n) is 23.3. The van der Waals surface area contributed by atoms with Crippen molar-refractivity contribution < 1.29 is 18.8 Å². The van der Waals surface area contributed by atoms with E-state index in [1.807, 2.05) is 0 Å². The average molecular weight is 577 g/mol. The van der Waals surface area contributed by atoms with Gasteiger partial charge in [0.1, 0.15) is 11.5 Å². The van der Waals surface area contributed by atoms with Crippen molar-refractivity contribution in [1.82, 2.24) is 20.1 Å². The molecule has 0 radical (unpaired) electrons. The second kappa shape index (κ2) is 13.5. The van der Waals surface area contributed by atoms with Gasteiger partial charge in [0.25, 0.3) is 17.7 Å². The van der Waals surface area contributed by atoms with Crippen LogP contribution in [0.4, 0.5) is 10.1 Å². The van der Waals surface area contributed by atoms with E-state index < -0.39 is 5.91 Å². The number of pyridine rings is 1. The van der Waals surface area contributed by atoms with Gasteiger partial charge >= 0.3 is 0 Å². The molecule has 2 heterocycles. The number of benzene rings is 3. The molecule has 3 amide bonds. The molecule has 0 unspecified atom stereocenters. The summed E-state index contributed by atoms with van der Waals surface area (Å²) in [6.07, 6.45) is 1.41. The molecule has 9 nitrogen and oxygen atoms in total. The van der Waals surface area contributed by atoms with Gasteiger partial charge in [0.05, 0.1) is 17.2 Å². The number of rotatable bonds is 8. The predicted octanol–water partition coefficient (Wildman–Crippen LogP) is 4.23. The number of nitrogens with zero attached hydrogens (tertiary/aromatic N) is 4.